The fourth-order valence-electron chi connectivity index (χ4n) is 2.11. The number of ether oxygens (including phenoxy) is 1. The summed E-state index contributed by atoms with van der Waals surface area (Å²) in [6, 6.07) is 5.84. The third kappa shape index (κ3) is 4.02. The lowest BCUT2D eigenvalue weighted by Gasteiger charge is -2.33. The van der Waals surface area contributed by atoms with Gasteiger partial charge in [-0.15, -0.1) is 0 Å². The number of hydrogen-bond acceptors (Lipinski definition) is 3. The van der Waals surface area contributed by atoms with Crippen molar-refractivity contribution in [3.63, 3.8) is 0 Å². The summed E-state index contributed by atoms with van der Waals surface area (Å²) in [5.74, 6) is 0.732. The van der Waals surface area contributed by atoms with Crippen LogP contribution in [0, 0.1) is 0 Å². The molecule has 2 rings (SSSR count). The Kier molecular flexibility index (Phi) is 5.13. The van der Waals surface area contributed by atoms with Crippen molar-refractivity contribution in [1.82, 2.24) is 10.2 Å². The number of nitrogens with one attached hydrogen (secondary N) is 1. The molecule has 0 unspecified atom stereocenters. The van der Waals surface area contributed by atoms with E-state index in [0.717, 1.165) is 31.9 Å². The van der Waals surface area contributed by atoms with Crippen LogP contribution in [-0.4, -0.2) is 43.7 Å². The molecule has 1 N–H and O–H groups in total. The molecule has 1 aromatic carbocycles. The first-order valence-corrected chi connectivity index (χ1v) is 6.94. The smallest absolute Gasteiger partial charge is 0.122 e. The Morgan fingerprint density at radius 3 is 2.72 bits per heavy atom. The van der Waals surface area contributed by atoms with E-state index in [1.54, 1.807) is 18.2 Å². The lowest BCUT2D eigenvalue weighted by molar-refractivity contribution is 0.143. The predicted octanol–water partition coefficient (Wildman–Crippen LogP) is 2.67. The van der Waals surface area contributed by atoms with E-state index < -0.39 is 0 Å². The minimum Gasteiger partial charge on any atom is -0.492 e. The molecule has 0 saturated carbocycles. The van der Waals surface area contributed by atoms with Gasteiger partial charge in [0.15, 0.2) is 0 Å². The fourth-order valence-corrected chi connectivity index (χ4v) is 2.61. The van der Waals surface area contributed by atoms with Crippen LogP contribution in [0.4, 0.5) is 0 Å². The van der Waals surface area contributed by atoms with E-state index in [9.17, 15) is 0 Å². The molecule has 1 aliphatic heterocycles. The Morgan fingerprint density at radius 2 is 2.06 bits per heavy atom. The zero-order valence-corrected chi connectivity index (χ0v) is 12.0. The third-order valence-corrected chi connectivity index (χ3v) is 3.56. The number of halogens is 2. The van der Waals surface area contributed by atoms with Crippen LogP contribution in [0.2, 0.25) is 10.0 Å². The molecule has 0 spiro atoms. The fraction of sp³-hybridized carbons (Fsp3) is 0.538. The summed E-state index contributed by atoms with van der Waals surface area (Å²) in [6.07, 6.45) is 0. The van der Waals surface area contributed by atoms with Gasteiger partial charge >= 0.3 is 0 Å². The van der Waals surface area contributed by atoms with Gasteiger partial charge in [-0.25, -0.2) is 0 Å². The maximum absolute atomic E-state index is 5.92. The molecule has 0 aliphatic carbocycles. The van der Waals surface area contributed by atoms with E-state index in [1.165, 1.54) is 0 Å². The Labute approximate surface area is 118 Å². The second-order valence-corrected chi connectivity index (χ2v) is 5.42. The number of piperazine rings is 1. The molecule has 1 aliphatic rings. The summed E-state index contributed by atoms with van der Waals surface area (Å²) in [5, 5.41) is 4.58. The van der Waals surface area contributed by atoms with Gasteiger partial charge in [-0.1, -0.05) is 23.2 Å². The zero-order chi connectivity index (χ0) is 13.0. The predicted molar refractivity (Wildman–Crippen MR) is 75.9 cm³/mol. The lowest BCUT2D eigenvalue weighted by Crippen LogP contribution is -2.50. The summed E-state index contributed by atoms with van der Waals surface area (Å²) in [7, 11) is 0. The molecular weight excluding hydrogens is 271 g/mol. The standard InChI is InChI=1S/C13H18Cl2N2O/c1-10-9-16-2-3-17(10)4-5-18-13-7-11(14)6-12(15)8-13/h6-8,10,16H,2-5,9H2,1H3/t10-/m1/s1. The second kappa shape index (κ2) is 6.62. The van der Waals surface area contributed by atoms with Crippen molar-refractivity contribution in [3.05, 3.63) is 28.2 Å². The summed E-state index contributed by atoms with van der Waals surface area (Å²) in [4.78, 5) is 2.42. The van der Waals surface area contributed by atoms with Crippen molar-refractivity contribution < 1.29 is 4.74 Å². The van der Waals surface area contributed by atoms with Crippen molar-refractivity contribution >= 4 is 23.2 Å². The average Bonchev–Trinajstić information content (AvgIpc) is 2.30. The highest BCUT2D eigenvalue weighted by molar-refractivity contribution is 6.34. The molecular formula is C13H18Cl2N2O. The molecule has 100 valence electrons. The molecule has 1 atom stereocenters. The first kappa shape index (κ1) is 13.9. The van der Waals surface area contributed by atoms with Gasteiger partial charge in [-0.2, -0.15) is 0 Å². The van der Waals surface area contributed by atoms with Crippen LogP contribution in [0.1, 0.15) is 6.92 Å². The van der Waals surface area contributed by atoms with Gasteiger partial charge in [0.05, 0.1) is 0 Å². The highest BCUT2D eigenvalue weighted by Gasteiger charge is 2.17. The largest absolute Gasteiger partial charge is 0.492 e. The minimum absolute atomic E-state index is 0.560. The van der Waals surface area contributed by atoms with Crippen LogP contribution in [0.15, 0.2) is 18.2 Å². The molecule has 1 fully saturated rings. The number of hydrogen-bond donors (Lipinski definition) is 1. The first-order chi connectivity index (χ1) is 8.65. The van der Waals surface area contributed by atoms with Gasteiger partial charge in [0.1, 0.15) is 12.4 Å². The van der Waals surface area contributed by atoms with E-state index in [-0.39, 0.29) is 0 Å². The molecule has 3 nitrogen and oxygen atoms in total. The Hall–Kier alpha value is -0.480. The van der Waals surface area contributed by atoms with Gasteiger partial charge < -0.3 is 10.1 Å². The maximum atomic E-state index is 5.92. The molecule has 18 heavy (non-hydrogen) atoms. The molecule has 0 radical (unpaired) electrons. The number of nitrogens with zero attached hydrogens (tertiary/aromatic N) is 1. The summed E-state index contributed by atoms with van der Waals surface area (Å²) in [5.41, 5.74) is 0. The van der Waals surface area contributed by atoms with Crippen LogP contribution in [-0.2, 0) is 0 Å². The van der Waals surface area contributed by atoms with E-state index in [4.69, 9.17) is 27.9 Å². The molecule has 0 amide bonds. The topological polar surface area (TPSA) is 24.5 Å². The van der Waals surface area contributed by atoms with Crippen molar-refractivity contribution in [3.8, 4) is 5.75 Å². The quantitative estimate of drug-likeness (QED) is 0.922. The van der Waals surface area contributed by atoms with Gasteiger partial charge in [0, 0.05) is 42.3 Å². The van der Waals surface area contributed by atoms with E-state index in [1.807, 2.05) is 0 Å². The molecule has 1 aromatic rings. The second-order valence-electron chi connectivity index (χ2n) is 4.54. The Morgan fingerprint density at radius 1 is 1.33 bits per heavy atom. The Bertz CT molecular complexity index is 380. The van der Waals surface area contributed by atoms with Crippen LogP contribution in [0.25, 0.3) is 0 Å². The number of benzene rings is 1. The highest BCUT2D eigenvalue weighted by Crippen LogP contribution is 2.24. The van der Waals surface area contributed by atoms with E-state index in [0.29, 0.717) is 22.7 Å². The van der Waals surface area contributed by atoms with Crippen molar-refractivity contribution in [2.24, 2.45) is 0 Å². The lowest BCUT2D eigenvalue weighted by atomic mass is 10.2. The summed E-state index contributed by atoms with van der Waals surface area (Å²) >= 11 is 11.8. The van der Waals surface area contributed by atoms with Crippen LogP contribution in [0.3, 0.4) is 0 Å². The Balaban J connectivity index is 1.80. The molecule has 1 saturated heterocycles. The van der Waals surface area contributed by atoms with Gasteiger partial charge in [-0.05, 0) is 25.1 Å². The van der Waals surface area contributed by atoms with Crippen molar-refractivity contribution in [2.45, 2.75) is 13.0 Å². The number of rotatable bonds is 4. The summed E-state index contributed by atoms with van der Waals surface area (Å²) in [6.45, 7) is 6.97. The average molecular weight is 289 g/mol. The highest BCUT2D eigenvalue weighted by atomic mass is 35.5. The maximum Gasteiger partial charge on any atom is 0.122 e. The van der Waals surface area contributed by atoms with Crippen LogP contribution in [0.5, 0.6) is 5.75 Å². The van der Waals surface area contributed by atoms with Crippen LogP contribution >= 0.6 is 23.2 Å². The van der Waals surface area contributed by atoms with Crippen molar-refractivity contribution in [1.29, 1.82) is 0 Å². The van der Waals surface area contributed by atoms with Gasteiger partial charge in [-0.3, -0.25) is 4.90 Å². The molecule has 1 heterocycles. The minimum atomic E-state index is 0.560. The molecule has 0 aromatic heterocycles. The molecule has 0 bridgehead atoms. The monoisotopic (exact) mass is 288 g/mol. The van der Waals surface area contributed by atoms with E-state index in [2.05, 4.69) is 17.1 Å². The SMILES string of the molecule is C[C@@H]1CNCCN1CCOc1cc(Cl)cc(Cl)c1. The first-order valence-electron chi connectivity index (χ1n) is 6.19. The normalized spacial score (nSPS) is 20.9. The summed E-state index contributed by atoms with van der Waals surface area (Å²) < 4.78 is 5.69. The zero-order valence-electron chi connectivity index (χ0n) is 10.5. The van der Waals surface area contributed by atoms with E-state index >= 15 is 0 Å². The van der Waals surface area contributed by atoms with Gasteiger partial charge in [0.25, 0.3) is 0 Å². The van der Waals surface area contributed by atoms with Crippen molar-refractivity contribution in [2.75, 3.05) is 32.8 Å². The third-order valence-electron chi connectivity index (χ3n) is 3.12. The molecule has 5 heteroatoms. The van der Waals surface area contributed by atoms with Crippen LogP contribution < -0.4 is 10.1 Å². The van der Waals surface area contributed by atoms with Gasteiger partial charge in [0.2, 0.25) is 0 Å².